The fraction of sp³-hybridized carbons (Fsp3) is 0.429. The highest BCUT2D eigenvalue weighted by Gasteiger charge is 2.29. The third-order valence-corrected chi connectivity index (χ3v) is 3.68. The van der Waals surface area contributed by atoms with Crippen molar-refractivity contribution in [3.8, 4) is 0 Å². The lowest BCUT2D eigenvalue weighted by atomic mass is 9.98. The van der Waals surface area contributed by atoms with Crippen LogP contribution >= 0.6 is 0 Å². The number of piperidine rings is 1. The van der Waals surface area contributed by atoms with E-state index >= 15 is 0 Å². The van der Waals surface area contributed by atoms with Gasteiger partial charge in [-0.25, -0.2) is 4.79 Å². The van der Waals surface area contributed by atoms with Gasteiger partial charge in [0.1, 0.15) is 5.02 Å². The number of aromatic nitrogens is 2. The summed E-state index contributed by atoms with van der Waals surface area (Å²) in [7, 11) is 0. The van der Waals surface area contributed by atoms with Gasteiger partial charge < -0.3 is 14.7 Å². The molecule has 2 heterocycles. The Morgan fingerprint density at radius 3 is 2.57 bits per heavy atom. The third kappa shape index (κ3) is 3.68. The standard InChI is InChI=1S/C14H17N3O6/c18-13(19)11-6-8-15(9-7-11)16-17(23-16)22-10-21-14(20)12-4-2-1-3-5-12/h1-5,11H,6-10H2,(H,18,19). The normalized spacial score (nSPS) is 15.6. The molecule has 0 radical (unpaired) electrons. The summed E-state index contributed by atoms with van der Waals surface area (Å²) in [6.45, 7) is 0.830. The molecule has 23 heavy (non-hydrogen) atoms. The van der Waals surface area contributed by atoms with Gasteiger partial charge in [0.15, 0.2) is 0 Å². The lowest BCUT2D eigenvalue weighted by Crippen LogP contribution is -2.42. The molecule has 1 aromatic heterocycles. The van der Waals surface area contributed by atoms with Crippen LogP contribution in [0.1, 0.15) is 23.2 Å². The summed E-state index contributed by atoms with van der Waals surface area (Å²) in [6, 6.07) is 8.59. The van der Waals surface area contributed by atoms with Gasteiger partial charge >= 0.3 is 11.9 Å². The monoisotopic (exact) mass is 323 g/mol. The molecule has 0 saturated carbocycles. The number of hydrogen-bond acceptors (Lipinski definition) is 6. The summed E-state index contributed by atoms with van der Waals surface area (Å²) in [5.41, 5.74) is 0.440. The van der Waals surface area contributed by atoms with Gasteiger partial charge in [-0.05, 0) is 25.0 Å². The second-order valence-electron chi connectivity index (χ2n) is 5.18. The fourth-order valence-corrected chi connectivity index (χ4v) is 2.34. The van der Waals surface area contributed by atoms with Crippen molar-refractivity contribution < 1.29 is 28.9 Å². The topological polar surface area (TPSA) is 99.1 Å². The van der Waals surface area contributed by atoms with Crippen molar-refractivity contribution in [1.29, 1.82) is 0 Å². The molecule has 2 aromatic rings. The van der Waals surface area contributed by atoms with Crippen LogP contribution in [0.2, 0.25) is 0 Å². The summed E-state index contributed by atoms with van der Waals surface area (Å²) in [5, 5.41) is 11.8. The van der Waals surface area contributed by atoms with Crippen LogP contribution < -0.4 is 9.85 Å². The van der Waals surface area contributed by atoms with Crippen molar-refractivity contribution in [3.05, 3.63) is 35.9 Å². The van der Waals surface area contributed by atoms with Crippen molar-refractivity contribution >= 4 is 11.9 Å². The SMILES string of the molecule is O=C(OCOn1on1N1CCC(C(=O)O)CC1)c1ccccc1. The van der Waals surface area contributed by atoms with Gasteiger partial charge in [-0.1, -0.05) is 18.2 Å². The second kappa shape index (κ2) is 6.51. The molecule has 1 fully saturated rings. The Morgan fingerprint density at radius 1 is 1.22 bits per heavy atom. The van der Waals surface area contributed by atoms with E-state index in [0.29, 0.717) is 31.5 Å². The molecule has 1 N–H and O–H groups in total. The van der Waals surface area contributed by atoms with E-state index in [-0.39, 0.29) is 12.7 Å². The maximum absolute atomic E-state index is 11.7. The van der Waals surface area contributed by atoms with Gasteiger partial charge in [-0.3, -0.25) is 9.80 Å². The van der Waals surface area contributed by atoms with Crippen LogP contribution in [0.5, 0.6) is 0 Å². The van der Waals surface area contributed by atoms with Gasteiger partial charge in [0, 0.05) is 18.1 Å². The zero-order valence-corrected chi connectivity index (χ0v) is 12.3. The molecule has 1 saturated heterocycles. The quantitative estimate of drug-likeness (QED) is 0.612. The number of carboxylic acids is 1. The lowest BCUT2D eigenvalue weighted by Gasteiger charge is -2.26. The molecular formula is C14H17N3O6. The molecule has 0 aliphatic carbocycles. The number of esters is 1. The van der Waals surface area contributed by atoms with Crippen LogP contribution in [0, 0.1) is 5.92 Å². The van der Waals surface area contributed by atoms with Gasteiger partial charge in [0.2, 0.25) is 0 Å². The summed E-state index contributed by atoms with van der Waals surface area (Å²) in [4.78, 5) is 29.1. The molecule has 9 nitrogen and oxygen atoms in total. The first-order valence-corrected chi connectivity index (χ1v) is 7.26. The number of carboxylic acid groups (broad SMARTS) is 1. The van der Waals surface area contributed by atoms with E-state index in [9.17, 15) is 9.59 Å². The Hall–Kier alpha value is -2.84. The van der Waals surface area contributed by atoms with E-state index in [2.05, 4.69) is 0 Å². The van der Waals surface area contributed by atoms with Gasteiger partial charge in [0.25, 0.3) is 6.79 Å². The average Bonchev–Trinajstić information content (AvgIpc) is 3.35. The third-order valence-electron chi connectivity index (χ3n) is 3.68. The summed E-state index contributed by atoms with van der Waals surface area (Å²) < 4.78 is 10.0. The highest BCUT2D eigenvalue weighted by Crippen LogP contribution is 2.17. The number of carbonyl (C=O) groups excluding carboxylic acids is 1. The summed E-state index contributed by atoms with van der Waals surface area (Å²) >= 11 is 0. The average molecular weight is 323 g/mol. The molecule has 0 amide bonds. The smallest absolute Gasteiger partial charge is 0.341 e. The van der Waals surface area contributed by atoms with Crippen LogP contribution in [0.3, 0.4) is 0 Å². The molecule has 9 heteroatoms. The van der Waals surface area contributed by atoms with Gasteiger partial charge in [-0.15, -0.1) is 0 Å². The zero-order valence-electron chi connectivity index (χ0n) is 12.3. The Kier molecular flexibility index (Phi) is 4.26. The number of nitrogens with zero attached hydrogens (tertiary/aromatic N) is 3. The summed E-state index contributed by atoms with van der Waals surface area (Å²) in [6.07, 6.45) is 1.10. The van der Waals surface area contributed by atoms with E-state index in [1.54, 1.807) is 24.3 Å². The molecule has 0 bridgehead atoms. The first-order chi connectivity index (χ1) is 11.1. The molecule has 0 unspecified atom stereocenters. The molecule has 124 valence electrons. The van der Waals surface area contributed by atoms with Crippen LogP contribution in [0.4, 0.5) is 0 Å². The summed E-state index contributed by atoms with van der Waals surface area (Å²) in [5.74, 6) is -1.56. The minimum absolute atomic E-state index is 0.282. The Morgan fingerprint density at radius 2 is 1.91 bits per heavy atom. The Labute approximate surface area is 131 Å². The van der Waals surface area contributed by atoms with E-state index in [1.165, 1.54) is 4.96 Å². The van der Waals surface area contributed by atoms with Crippen molar-refractivity contribution in [1.82, 2.24) is 9.98 Å². The number of ether oxygens (including phenoxy) is 1. The van der Waals surface area contributed by atoms with E-state index in [0.717, 1.165) is 5.02 Å². The van der Waals surface area contributed by atoms with Crippen molar-refractivity contribution in [3.63, 3.8) is 0 Å². The molecule has 0 atom stereocenters. The van der Waals surface area contributed by atoms with Crippen LogP contribution in [-0.4, -0.2) is 46.9 Å². The zero-order chi connectivity index (χ0) is 16.2. The van der Waals surface area contributed by atoms with Crippen LogP contribution in [-0.2, 0) is 9.53 Å². The maximum Gasteiger partial charge on any atom is 0.341 e. The minimum atomic E-state index is -0.766. The number of carbonyl (C=O) groups is 2. The lowest BCUT2D eigenvalue weighted by molar-refractivity contribution is -0.142. The molecule has 1 aliphatic rings. The molecule has 1 aliphatic heterocycles. The number of benzene rings is 1. The largest absolute Gasteiger partial charge is 0.481 e. The van der Waals surface area contributed by atoms with Crippen molar-refractivity contribution in [2.75, 3.05) is 24.9 Å². The predicted molar refractivity (Wildman–Crippen MR) is 76.3 cm³/mol. The first kappa shape index (κ1) is 15.1. The maximum atomic E-state index is 11.7. The highest BCUT2D eigenvalue weighted by atomic mass is 17.0. The second-order valence-corrected chi connectivity index (χ2v) is 5.18. The number of rotatable bonds is 6. The number of hydrogen-bond donors (Lipinski definition) is 1. The van der Waals surface area contributed by atoms with E-state index < -0.39 is 11.9 Å². The van der Waals surface area contributed by atoms with Crippen molar-refractivity contribution in [2.24, 2.45) is 5.92 Å². The first-order valence-electron chi connectivity index (χ1n) is 7.26. The Bertz CT molecular complexity index is 650. The molecule has 1 aromatic carbocycles. The molecular weight excluding hydrogens is 306 g/mol. The van der Waals surface area contributed by atoms with Gasteiger partial charge in [0.05, 0.1) is 11.5 Å². The highest BCUT2D eigenvalue weighted by molar-refractivity contribution is 5.89. The number of aliphatic carboxylic acids is 1. The molecule has 0 spiro atoms. The van der Waals surface area contributed by atoms with Crippen molar-refractivity contribution in [2.45, 2.75) is 12.8 Å². The van der Waals surface area contributed by atoms with E-state index in [4.69, 9.17) is 19.3 Å². The van der Waals surface area contributed by atoms with Gasteiger partial charge in [-0.2, -0.15) is 4.63 Å². The minimum Gasteiger partial charge on any atom is -0.481 e. The van der Waals surface area contributed by atoms with Crippen LogP contribution in [0.25, 0.3) is 0 Å². The van der Waals surface area contributed by atoms with E-state index in [1.807, 2.05) is 11.1 Å². The van der Waals surface area contributed by atoms with Crippen LogP contribution in [0.15, 0.2) is 35.0 Å². The fourth-order valence-electron chi connectivity index (χ4n) is 2.34. The molecule has 3 rings (SSSR count). The predicted octanol–water partition coefficient (Wildman–Crippen LogP) is 0.558. The Balaban J connectivity index is 1.39.